The first kappa shape index (κ1) is 18.8. The Morgan fingerprint density at radius 3 is 2.96 bits per heavy atom. The van der Waals surface area contributed by atoms with Gasteiger partial charge >= 0.3 is 11.9 Å². The van der Waals surface area contributed by atoms with Gasteiger partial charge in [0, 0.05) is 12.2 Å². The van der Waals surface area contributed by atoms with Crippen LogP contribution in [0.25, 0.3) is 0 Å². The third-order valence-electron chi connectivity index (χ3n) is 4.57. The van der Waals surface area contributed by atoms with E-state index in [4.69, 9.17) is 16.6 Å². The number of urea groups is 1. The number of hydrogen-bond donors (Lipinski definition) is 5. The van der Waals surface area contributed by atoms with Crippen LogP contribution in [0.5, 0.6) is 0 Å². The molecule has 1 fully saturated rings. The largest absolute Gasteiger partial charge is 0.394 e. The van der Waals surface area contributed by atoms with Crippen LogP contribution in [0.3, 0.4) is 0 Å². The Kier molecular flexibility index (Phi) is 5.67. The summed E-state index contributed by atoms with van der Waals surface area (Å²) in [6.07, 6.45) is 3.41. The molecule has 1 atom stereocenters. The molecule has 2 heterocycles. The number of β-amino-alcohol motifs (C(OH)–C–C–N with tert-alkyl or cyclic N) is 1. The highest BCUT2D eigenvalue weighted by Crippen LogP contribution is 2.33. The standard InChI is InChI=1S/C17H23N7O3/c18-16-15(9-20-24(16)6-7-25)21-13-4-3-11(8-14(13)22-17(19)27)23-5-1-2-12(23)10-26/h3-4,8-9,12,25-26H,1-2,5-7,10H2,(H4,18,19,20,22,27)/p+1. The summed E-state index contributed by atoms with van der Waals surface area (Å²) in [6.45, 7) is 1.09. The molecule has 2 aliphatic rings. The maximum Gasteiger partial charge on any atom is 0.321 e. The van der Waals surface area contributed by atoms with Crippen LogP contribution in [0, 0.1) is 0 Å². The number of nitrogens with zero attached hydrogens (tertiary/aromatic N) is 4. The molecule has 27 heavy (non-hydrogen) atoms. The summed E-state index contributed by atoms with van der Waals surface area (Å²) in [5.41, 5.74) is 13.5. The number of nitrogens with one attached hydrogen (secondary N) is 1. The van der Waals surface area contributed by atoms with E-state index < -0.39 is 6.03 Å². The highest BCUT2D eigenvalue weighted by Gasteiger charge is 2.25. The van der Waals surface area contributed by atoms with Gasteiger partial charge in [0.05, 0.1) is 30.6 Å². The number of primary amides is 1. The first-order chi connectivity index (χ1) is 13.0. The topological polar surface area (TPSA) is 153 Å². The molecule has 1 aromatic carbocycles. The third kappa shape index (κ3) is 4.07. The molecule has 1 unspecified atom stereocenters. The zero-order valence-corrected chi connectivity index (χ0v) is 14.9. The predicted octanol–water partition coefficient (Wildman–Crippen LogP) is -0.428. The third-order valence-corrected chi connectivity index (χ3v) is 4.57. The highest BCUT2D eigenvalue weighted by molar-refractivity contribution is 6.62. The first-order valence-corrected chi connectivity index (χ1v) is 8.75. The van der Waals surface area contributed by atoms with Crippen molar-refractivity contribution < 1.29 is 19.7 Å². The fourth-order valence-corrected chi connectivity index (χ4v) is 3.27. The van der Waals surface area contributed by atoms with Crippen molar-refractivity contribution >= 4 is 40.9 Å². The fraction of sp³-hybridized carbons (Fsp3) is 0.412. The van der Waals surface area contributed by atoms with Gasteiger partial charge < -0.3 is 26.2 Å². The zero-order valence-electron chi connectivity index (χ0n) is 14.9. The van der Waals surface area contributed by atoms with Crippen LogP contribution in [0.1, 0.15) is 12.8 Å². The van der Waals surface area contributed by atoms with Crippen molar-refractivity contribution in [3.63, 3.8) is 0 Å². The molecule has 0 radical (unpaired) electrons. The van der Waals surface area contributed by atoms with Gasteiger partial charge in [-0.25, -0.2) is 9.79 Å². The number of carbonyl (C=O) groups excluding carboxylic acids is 1. The van der Waals surface area contributed by atoms with E-state index in [1.54, 1.807) is 12.1 Å². The van der Waals surface area contributed by atoms with Gasteiger partial charge in [-0.1, -0.05) is 5.10 Å². The minimum Gasteiger partial charge on any atom is -0.394 e. The molecule has 7 N–H and O–H groups in total. The normalized spacial score (nSPS) is 20.7. The van der Waals surface area contributed by atoms with Gasteiger partial charge in [0.1, 0.15) is 12.8 Å². The van der Waals surface area contributed by atoms with Crippen molar-refractivity contribution in [2.24, 2.45) is 21.6 Å². The quantitative estimate of drug-likeness (QED) is 0.428. The van der Waals surface area contributed by atoms with Crippen molar-refractivity contribution in [1.82, 2.24) is 0 Å². The predicted molar refractivity (Wildman–Crippen MR) is 104 cm³/mol. The number of benzene rings is 1. The lowest BCUT2D eigenvalue weighted by Gasteiger charge is -2.26. The summed E-state index contributed by atoms with van der Waals surface area (Å²) in [7, 11) is 0. The second kappa shape index (κ2) is 8.14. The number of amidine groups is 1. The van der Waals surface area contributed by atoms with Gasteiger partial charge in [0.25, 0.3) is 0 Å². The van der Waals surface area contributed by atoms with Crippen molar-refractivity contribution in [1.29, 1.82) is 0 Å². The van der Waals surface area contributed by atoms with E-state index in [0.717, 1.165) is 25.1 Å². The Bertz CT molecular complexity index is 819. The van der Waals surface area contributed by atoms with Crippen LogP contribution < -0.4 is 21.7 Å². The number of rotatable bonds is 6. The summed E-state index contributed by atoms with van der Waals surface area (Å²) >= 11 is 0. The number of anilines is 2. The lowest BCUT2D eigenvalue weighted by Crippen LogP contribution is -2.32. The van der Waals surface area contributed by atoms with Gasteiger partial charge in [0.2, 0.25) is 0 Å². The Morgan fingerprint density at radius 1 is 1.44 bits per heavy atom. The van der Waals surface area contributed by atoms with Crippen LogP contribution in [0.15, 0.2) is 28.3 Å². The number of carbonyl (C=O) groups is 1. The molecule has 2 amide bonds. The number of aliphatic hydroxyl groups is 2. The van der Waals surface area contributed by atoms with E-state index in [9.17, 15) is 9.90 Å². The average Bonchev–Trinajstić information content (AvgIpc) is 3.25. The van der Waals surface area contributed by atoms with Gasteiger partial charge in [-0.05, 0) is 31.0 Å². The van der Waals surface area contributed by atoms with Crippen LogP contribution in [0.2, 0.25) is 0 Å². The second-order valence-corrected chi connectivity index (χ2v) is 6.34. The molecule has 0 aliphatic carbocycles. The molecule has 10 nitrogen and oxygen atoms in total. The van der Waals surface area contributed by atoms with E-state index in [1.165, 1.54) is 10.9 Å². The summed E-state index contributed by atoms with van der Waals surface area (Å²) in [5, 5.41) is 25.3. The first-order valence-electron chi connectivity index (χ1n) is 8.75. The fourth-order valence-electron chi connectivity index (χ4n) is 3.27. The summed E-state index contributed by atoms with van der Waals surface area (Å²) < 4.78 is 1.45. The molecule has 0 aromatic heterocycles. The lowest BCUT2D eigenvalue weighted by atomic mass is 10.2. The molecule has 0 saturated carbocycles. The average molecular weight is 374 g/mol. The monoisotopic (exact) mass is 374 g/mol. The Balaban J connectivity index is 1.95. The molecule has 1 saturated heterocycles. The van der Waals surface area contributed by atoms with Gasteiger partial charge in [-0.3, -0.25) is 5.73 Å². The molecule has 0 spiro atoms. The summed E-state index contributed by atoms with van der Waals surface area (Å²) in [5.74, 6) is 0.318. The second-order valence-electron chi connectivity index (χ2n) is 6.34. The Morgan fingerprint density at radius 2 is 2.26 bits per heavy atom. The number of hydrazone groups is 1. The van der Waals surface area contributed by atoms with E-state index in [0.29, 0.717) is 22.9 Å². The highest BCUT2D eigenvalue weighted by atomic mass is 16.3. The van der Waals surface area contributed by atoms with Gasteiger partial charge in [-0.15, -0.1) is 4.68 Å². The van der Waals surface area contributed by atoms with Crippen LogP contribution >= 0.6 is 0 Å². The molecule has 1 aromatic rings. The van der Waals surface area contributed by atoms with E-state index >= 15 is 0 Å². The zero-order chi connectivity index (χ0) is 19.4. The van der Waals surface area contributed by atoms with Crippen LogP contribution in [-0.2, 0) is 0 Å². The maximum atomic E-state index is 11.4. The maximum absolute atomic E-state index is 11.4. The van der Waals surface area contributed by atoms with Crippen molar-refractivity contribution in [2.75, 3.05) is 36.5 Å². The number of hydrogen-bond acceptors (Lipinski definition) is 7. The van der Waals surface area contributed by atoms with Gasteiger partial charge in [-0.2, -0.15) is 0 Å². The SMILES string of the molecule is NC(=O)Nc1cc(N2CCCC2CO)ccc1N=C1C=N[N+](CCO)=C1N. The van der Waals surface area contributed by atoms with Crippen molar-refractivity contribution in [3.05, 3.63) is 18.2 Å². The lowest BCUT2D eigenvalue weighted by molar-refractivity contribution is -0.532. The van der Waals surface area contributed by atoms with E-state index in [1.807, 2.05) is 6.07 Å². The van der Waals surface area contributed by atoms with E-state index in [2.05, 4.69) is 20.3 Å². The summed E-state index contributed by atoms with van der Waals surface area (Å²) in [6, 6.07) is 4.78. The minimum atomic E-state index is -0.701. The van der Waals surface area contributed by atoms with Crippen molar-refractivity contribution in [3.8, 4) is 0 Å². The van der Waals surface area contributed by atoms with Crippen molar-refractivity contribution in [2.45, 2.75) is 18.9 Å². The number of aliphatic imine (C=N–C) groups is 1. The Labute approximate surface area is 156 Å². The molecule has 0 bridgehead atoms. The molecule has 10 heteroatoms. The smallest absolute Gasteiger partial charge is 0.321 e. The molecular weight excluding hydrogens is 350 g/mol. The number of amides is 2. The van der Waals surface area contributed by atoms with Crippen LogP contribution in [0.4, 0.5) is 21.9 Å². The minimum absolute atomic E-state index is 0.0570. The van der Waals surface area contributed by atoms with Gasteiger partial charge in [0.15, 0.2) is 5.71 Å². The molecular formula is C17H24N7O3+. The molecule has 3 rings (SSSR count). The van der Waals surface area contributed by atoms with Crippen LogP contribution in [-0.4, -0.2) is 71.0 Å². The van der Waals surface area contributed by atoms with E-state index in [-0.39, 0.29) is 25.8 Å². The molecule has 144 valence electrons. The number of nitrogens with two attached hydrogens (primary N) is 2. The number of aliphatic hydroxyl groups excluding tert-OH is 2. The summed E-state index contributed by atoms with van der Waals surface area (Å²) in [4.78, 5) is 18.0. The Hall–Kier alpha value is -2.98. The molecule has 2 aliphatic heterocycles.